The molecule has 2 fully saturated rings. The lowest BCUT2D eigenvalue weighted by molar-refractivity contribution is 0.0745. The Morgan fingerprint density at radius 2 is 1.94 bits per heavy atom. The first-order chi connectivity index (χ1) is 14.8. The van der Waals surface area contributed by atoms with Crippen molar-refractivity contribution in [2.45, 2.75) is 37.0 Å². The summed E-state index contributed by atoms with van der Waals surface area (Å²) in [4.78, 5) is 22.4. The Kier molecular flexibility index (Phi) is 6.30. The smallest absolute Gasteiger partial charge is 0.254 e. The standard InChI is InChI=1S/C22H26N4O3S2/c1-31(28,29)19-7-6-17(12-16-4-2-3-5-16)20(13-19)21(27)25-8-10-26(11-9-25)22-24-15-18(14-23)30-22/h6-7,13,15-16H,2-5,8-12H2,1H3. The van der Waals surface area contributed by atoms with Gasteiger partial charge in [-0.3, -0.25) is 4.79 Å². The van der Waals surface area contributed by atoms with Crippen molar-refractivity contribution >= 4 is 32.2 Å². The third-order valence-electron chi connectivity index (χ3n) is 6.16. The van der Waals surface area contributed by atoms with Gasteiger partial charge in [-0.05, 0) is 30.0 Å². The van der Waals surface area contributed by atoms with Crippen molar-refractivity contribution in [2.24, 2.45) is 5.92 Å². The maximum atomic E-state index is 13.4. The molecule has 1 aliphatic carbocycles. The van der Waals surface area contributed by atoms with Crippen LogP contribution in [0, 0.1) is 17.2 Å². The van der Waals surface area contributed by atoms with Crippen molar-refractivity contribution in [3.8, 4) is 6.07 Å². The Morgan fingerprint density at radius 1 is 1.23 bits per heavy atom. The molecule has 1 aromatic carbocycles. The minimum absolute atomic E-state index is 0.102. The van der Waals surface area contributed by atoms with E-state index in [1.54, 1.807) is 23.2 Å². The lowest BCUT2D eigenvalue weighted by atomic mass is 9.94. The van der Waals surface area contributed by atoms with Gasteiger partial charge in [-0.1, -0.05) is 43.1 Å². The van der Waals surface area contributed by atoms with Crippen LogP contribution in [-0.2, 0) is 16.3 Å². The van der Waals surface area contributed by atoms with Gasteiger partial charge in [-0.15, -0.1) is 0 Å². The minimum atomic E-state index is -3.39. The Hall–Kier alpha value is -2.44. The maximum absolute atomic E-state index is 13.4. The molecule has 0 atom stereocenters. The fourth-order valence-electron chi connectivity index (χ4n) is 4.42. The number of hydrogen-bond donors (Lipinski definition) is 0. The van der Waals surface area contributed by atoms with Gasteiger partial charge in [0.2, 0.25) is 0 Å². The third-order valence-corrected chi connectivity index (χ3v) is 8.24. The van der Waals surface area contributed by atoms with Crippen molar-refractivity contribution in [2.75, 3.05) is 37.3 Å². The molecule has 7 nitrogen and oxygen atoms in total. The molecule has 0 N–H and O–H groups in total. The molecule has 9 heteroatoms. The average Bonchev–Trinajstić information content (AvgIpc) is 3.45. The predicted octanol–water partition coefficient (Wildman–Crippen LogP) is 3.11. The second kappa shape index (κ2) is 8.97. The van der Waals surface area contributed by atoms with Gasteiger partial charge in [0.05, 0.1) is 11.1 Å². The molecule has 0 radical (unpaired) electrons. The molecule has 2 heterocycles. The summed E-state index contributed by atoms with van der Waals surface area (Å²) in [6, 6.07) is 7.13. The molecule has 0 unspecified atom stereocenters. The van der Waals surface area contributed by atoms with Gasteiger partial charge < -0.3 is 9.80 Å². The van der Waals surface area contributed by atoms with Gasteiger partial charge in [0.1, 0.15) is 10.9 Å². The van der Waals surface area contributed by atoms with Gasteiger partial charge in [-0.2, -0.15) is 5.26 Å². The molecule has 4 rings (SSSR count). The molecule has 0 spiro atoms. The molecule has 31 heavy (non-hydrogen) atoms. The first kappa shape index (κ1) is 21.8. The molecule has 0 bridgehead atoms. The van der Waals surface area contributed by atoms with Crippen LogP contribution in [0.2, 0.25) is 0 Å². The molecule has 2 aliphatic rings. The fourth-order valence-corrected chi connectivity index (χ4v) is 5.83. The fraction of sp³-hybridized carbons (Fsp3) is 0.500. The van der Waals surface area contributed by atoms with E-state index in [9.17, 15) is 13.2 Å². The number of hydrogen-bond acceptors (Lipinski definition) is 7. The van der Waals surface area contributed by atoms with E-state index in [0.717, 1.165) is 17.1 Å². The van der Waals surface area contributed by atoms with Gasteiger partial charge in [0.15, 0.2) is 15.0 Å². The Morgan fingerprint density at radius 3 is 2.55 bits per heavy atom. The highest BCUT2D eigenvalue weighted by Crippen LogP contribution is 2.30. The van der Waals surface area contributed by atoms with E-state index >= 15 is 0 Å². The first-order valence-corrected chi connectivity index (χ1v) is 13.3. The summed E-state index contributed by atoms with van der Waals surface area (Å²) in [5, 5.41) is 9.80. The molecule has 164 valence electrons. The molecule has 1 saturated carbocycles. The average molecular weight is 459 g/mol. The van der Waals surface area contributed by atoms with E-state index in [1.165, 1.54) is 43.3 Å². The molecule has 2 aromatic rings. The second-order valence-electron chi connectivity index (χ2n) is 8.34. The van der Waals surface area contributed by atoms with E-state index in [0.29, 0.717) is 42.5 Å². The molecule has 1 aliphatic heterocycles. The number of nitriles is 1. The maximum Gasteiger partial charge on any atom is 0.254 e. The zero-order valence-corrected chi connectivity index (χ0v) is 19.2. The normalized spacial score (nSPS) is 17.7. The number of nitrogens with zero attached hydrogens (tertiary/aromatic N) is 4. The third kappa shape index (κ3) is 4.91. The highest BCUT2D eigenvalue weighted by atomic mass is 32.2. The highest BCUT2D eigenvalue weighted by Gasteiger charge is 2.27. The summed E-state index contributed by atoms with van der Waals surface area (Å²) in [6.07, 6.45) is 8.35. The number of benzene rings is 1. The Balaban J connectivity index is 1.53. The zero-order valence-electron chi connectivity index (χ0n) is 17.6. The quantitative estimate of drug-likeness (QED) is 0.683. The molecule has 1 amide bonds. The number of anilines is 1. The molecular formula is C22H26N4O3S2. The van der Waals surface area contributed by atoms with E-state index in [2.05, 4.69) is 16.0 Å². The molecular weight excluding hydrogens is 432 g/mol. The van der Waals surface area contributed by atoms with Gasteiger partial charge >= 0.3 is 0 Å². The van der Waals surface area contributed by atoms with Crippen LogP contribution < -0.4 is 4.90 Å². The van der Waals surface area contributed by atoms with Crippen molar-refractivity contribution in [3.63, 3.8) is 0 Å². The van der Waals surface area contributed by atoms with Gasteiger partial charge in [-0.25, -0.2) is 13.4 Å². The summed E-state index contributed by atoms with van der Waals surface area (Å²) < 4.78 is 24.2. The van der Waals surface area contributed by atoms with Crippen LogP contribution in [0.3, 0.4) is 0 Å². The van der Waals surface area contributed by atoms with Crippen molar-refractivity contribution in [1.29, 1.82) is 5.26 Å². The topological polar surface area (TPSA) is 94.4 Å². The Bertz CT molecular complexity index is 1110. The minimum Gasteiger partial charge on any atom is -0.345 e. The predicted molar refractivity (Wildman–Crippen MR) is 120 cm³/mol. The van der Waals surface area contributed by atoms with Crippen LogP contribution in [0.5, 0.6) is 0 Å². The van der Waals surface area contributed by atoms with Crippen molar-refractivity contribution < 1.29 is 13.2 Å². The van der Waals surface area contributed by atoms with Gasteiger partial charge in [0, 0.05) is 38.0 Å². The number of piperazine rings is 1. The summed E-state index contributed by atoms with van der Waals surface area (Å²) in [5.74, 6) is 0.460. The number of carbonyl (C=O) groups excluding carboxylic acids is 1. The number of amides is 1. The van der Waals surface area contributed by atoms with Crippen molar-refractivity contribution in [1.82, 2.24) is 9.88 Å². The monoisotopic (exact) mass is 458 g/mol. The molecule has 1 aromatic heterocycles. The number of aromatic nitrogens is 1. The lowest BCUT2D eigenvalue weighted by Crippen LogP contribution is -2.49. The van der Waals surface area contributed by atoms with Crippen LogP contribution in [0.15, 0.2) is 29.3 Å². The summed E-state index contributed by atoms with van der Waals surface area (Å²) >= 11 is 1.35. The second-order valence-corrected chi connectivity index (χ2v) is 11.4. The van der Waals surface area contributed by atoms with Gasteiger partial charge in [0.25, 0.3) is 5.91 Å². The van der Waals surface area contributed by atoms with E-state index in [-0.39, 0.29) is 10.8 Å². The van der Waals surface area contributed by atoms with Crippen LogP contribution in [0.1, 0.15) is 46.5 Å². The van der Waals surface area contributed by atoms with Crippen LogP contribution >= 0.6 is 11.3 Å². The largest absolute Gasteiger partial charge is 0.345 e. The SMILES string of the molecule is CS(=O)(=O)c1ccc(CC2CCCC2)c(C(=O)N2CCN(c3ncc(C#N)s3)CC2)c1. The summed E-state index contributed by atoms with van der Waals surface area (Å²) in [5.41, 5.74) is 1.47. The first-order valence-electron chi connectivity index (χ1n) is 10.6. The van der Waals surface area contributed by atoms with Crippen LogP contribution in [0.25, 0.3) is 0 Å². The lowest BCUT2D eigenvalue weighted by Gasteiger charge is -2.35. The summed E-state index contributed by atoms with van der Waals surface area (Å²) in [7, 11) is -3.39. The number of sulfone groups is 1. The molecule has 1 saturated heterocycles. The Labute approximate surface area is 187 Å². The van der Waals surface area contributed by atoms with Crippen LogP contribution in [-0.4, -0.2) is 56.6 Å². The highest BCUT2D eigenvalue weighted by molar-refractivity contribution is 7.90. The number of thiazole rings is 1. The summed E-state index contributed by atoms with van der Waals surface area (Å²) in [6.45, 7) is 2.33. The van der Waals surface area contributed by atoms with Crippen LogP contribution in [0.4, 0.5) is 5.13 Å². The number of rotatable bonds is 5. The van der Waals surface area contributed by atoms with E-state index < -0.39 is 9.84 Å². The van der Waals surface area contributed by atoms with E-state index in [1.807, 2.05) is 6.07 Å². The van der Waals surface area contributed by atoms with Crippen molar-refractivity contribution in [3.05, 3.63) is 40.4 Å². The van der Waals surface area contributed by atoms with E-state index in [4.69, 9.17) is 5.26 Å². The number of carbonyl (C=O) groups is 1. The zero-order chi connectivity index (χ0) is 22.0.